The topological polar surface area (TPSA) is 96.5 Å². The van der Waals surface area contributed by atoms with Crippen LogP contribution in [0.25, 0.3) is 0 Å². The first-order chi connectivity index (χ1) is 12.4. The number of urea groups is 1. The minimum absolute atomic E-state index is 0.135. The van der Waals surface area contributed by atoms with E-state index in [1.165, 1.54) is 0 Å². The number of hydrogen-bond donors (Lipinski definition) is 3. The number of nitrogens with one attached hydrogen (secondary N) is 3. The number of amides is 4. The number of carbonyl (C=O) groups is 3. The van der Waals surface area contributed by atoms with Gasteiger partial charge in [-0.2, -0.15) is 0 Å². The molecular weight excluding hydrogens is 334 g/mol. The van der Waals surface area contributed by atoms with Crippen molar-refractivity contribution in [1.82, 2.24) is 10.6 Å². The molecule has 1 heterocycles. The average molecular weight is 353 g/mol. The Kier molecular flexibility index (Phi) is 4.62. The minimum atomic E-state index is -1.17. The van der Waals surface area contributed by atoms with E-state index in [1.807, 2.05) is 25.1 Å². The lowest BCUT2D eigenvalue weighted by atomic mass is 9.92. The van der Waals surface area contributed by atoms with Crippen molar-refractivity contribution >= 4 is 23.5 Å². The van der Waals surface area contributed by atoms with Gasteiger partial charge < -0.3 is 15.4 Å². The number of ether oxygens (including phenoxy) is 1. The quantitative estimate of drug-likeness (QED) is 0.717. The van der Waals surface area contributed by atoms with Gasteiger partial charge in [0.2, 0.25) is 0 Å². The third-order valence-electron chi connectivity index (χ3n) is 4.22. The molecule has 1 aliphatic rings. The number of anilines is 1. The molecule has 134 valence electrons. The molecule has 1 fully saturated rings. The highest BCUT2D eigenvalue weighted by atomic mass is 16.5. The van der Waals surface area contributed by atoms with Crippen molar-refractivity contribution in [2.75, 3.05) is 11.9 Å². The molecule has 0 radical (unpaired) electrons. The molecule has 3 N–H and O–H groups in total. The van der Waals surface area contributed by atoms with E-state index >= 15 is 0 Å². The summed E-state index contributed by atoms with van der Waals surface area (Å²) in [4.78, 5) is 35.6. The summed E-state index contributed by atoms with van der Waals surface area (Å²) in [5, 5.41) is 7.54. The maximum Gasteiger partial charge on any atom is 0.322 e. The van der Waals surface area contributed by atoms with Crippen LogP contribution in [0.15, 0.2) is 48.5 Å². The van der Waals surface area contributed by atoms with Crippen LogP contribution in [0.2, 0.25) is 0 Å². The number of imide groups is 1. The third-order valence-corrected chi connectivity index (χ3v) is 4.22. The Labute approximate surface area is 150 Å². The van der Waals surface area contributed by atoms with Gasteiger partial charge in [-0.15, -0.1) is 0 Å². The van der Waals surface area contributed by atoms with Crippen LogP contribution in [-0.2, 0) is 15.1 Å². The molecule has 0 saturated carbocycles. The van der Waals surface area contributed by atoms with Gasteiger partial charge in [-0.1, -0.05) is 30.3 Å². The molecule has 7 heteroatoms. The van der Waals surface area contributed by atoms with Gasteiger partial charge in [-0.05, 0) is 43.2 Å². The molecule has 1 saturated heterocycles. The zero-order chi connectivity index (χ0) is 18.7. The predicted octanol–water partition coefficient (Wildman–Crippen LogP) is 2.07. The number of rotatable bonds is 5. The van der Waals surface area contributed by atoms with E-state index in [0.717, 1.165) is 5.56 Å². The molecule has 2 aromatic carbocycles. The van der Waals surface area contributed by atoms with Crippen molar-refractivity contribution in [3.63, 3.8) is 0 Å². The molecule has 7 nitrogen and oxygen atoms in total. The second kappa shape index (κ2) is 6.87. The van der Waals surface area contributed by atoms with Gasteiger partial charge in [0.15, 0.2) is 6.61 Å². The monoisotopic (exact) mass is 353 g/mol. The summed E-state index contributed by atoms with van der Waals surface area (Å²) < 4.78 is 5.52. The van der Waals surface area contributed by atoms with E-state index in [1.54, 1.807) is 37.3 Å². The number of benzene rings is 2. The first kappa shape index (κ1) is 17.5. The number of para-hydroxylation sites is 1. The Morgan fingerprint density at radius 2 is 1.92 bits per heavy atom. The summed E-state index contributed by atoms with van der Waals surface area (Å²) in [6.07, 6.45) is 0. The second-order valence-electron chi connectivity index (χ2n) is 6.22. The number of aryl methyl sites for hydroxylation is 1. The van der Waals surface area contributed by atoms with Crippen LogP contribution in [0.1, 0.15) is 18.1 Å². The van der Waals surface area contributed by atoms with E-state index in [4.69, 9.17) is 4.74 Å². The van der Waals surface area contributed by atoms with Crippen LogP contribution in [0.5, 0.6) is 5.75 Å². The van der Waals surface area contributed by atoms with Crippen molar-refractivity contribution in [2.45, 2.75) is 19.4 Å². The van der Waals surface area contributed by atoms with Crippen molar-refractivity contribution < 1.29 is 19.1 Å². The van der Waals surface area contributed by atoms with Gasteiger partial charge in [0, 0.05) is 5.69 Å². The normalized spacial score (nSPS) is 18.8. The third kappa shape index (κ3) is 3.51. The average Bonchev–Trinajstić information content (AvgIpc) is 2.87. The Balaban J connectivity index is 1.67. The smallest absolute Gasteiger partial charge is 0.322 e. The van der Waals surface area contributed by atoms with Gasteiger partial charge >= 0.3 is 6.03 Å². The van der Waals surface area contributed by atoms with Crippen LogP contribution < -0.4 is 20.7 Å². The van der Waals surface area contributed by atoms with E-state index in [9.17, 15) is 14.4 Å². The fourth-order valence-corrected chi connectivity index (χ4v) is 2.71. The summed E-state index contributed by atoms with van der Waals surface area (Å²) in [6, 6.07) is 13.7. The Hall–Kier alpha value is -3.35. The van der Waals surface area contributed by atoms with Crippen LogP contribution in [-0.4, -0.2) is 24.5 Å². The van der Waals surface area contributed by atoms with Crippen LogP contribution in [0.3, 0.4) is 0 Å². The molecule has 0 aromatic heterocycles. The van der Waals surface area contributed by atoms with Crippen LogP contribution >= 0.6 is 0 Å². The molecule has 0 bridgehead atoms. The highest BCUT2D eigenvalue weighted by Gasteiger charge is 2.43. The zero-order valence-electron chi connectivity index (χ0n) is 14.5. The van der Waals surface area contributed by atoms with E-state index in [0.29, 0.717) is 17.0 Å². The standard InChI is InChI=1S/C19H19N3O4/c1-12-6-3-4-9-15(12)26-11-16(23)20-14-8-5-7-13(10-14)19(2)17(24)21-18(25)22-19/h3-10H,11H2,1-2H3,(H,20,23)(H2,21,22,24,25). The Morgan fingerprint density at radius 1 is 1.15 bits per heavy atom. The Morgan fingerprint density at radius 3 is 2.62 bits per heavy atom. The molecule has 0 aliphatic carbocycles. The van der Waals surface area contributed by atoms with Gasteiger partial charge in [-0.3, -0.25) is 14.9 Å². The predicted molar refractivity (Wildman–Crippen MR) is 95.8 cm³/mol. The lowest BCUT2D eigenvalue weighted by Gasteiger charge is -2.21. The van der Waals surface area contributed by atoms with Crippen LogP contribution in [0, 0.1) is 6.92 Å². The summed E-state index contributed by atoms with van der Waals surface area (Å²) in [6.45, 7) is 3.37. The molecule has 1 unspecified atom stereocenters. The fraction of sp³-hybridized carbons (Fsp3) is 0.211. The highest BCUT2D eigenvalue weighted by molar-refractivity contribution is 6.07. The van der Waals surface area contributed by atoms with Crippen molar-refractivity contribution in [3.8, 4) is 5.75 Å². The highest BCUT2D eigenvalue weighted by Crippen LogP contribution is 2.26. The van der Waals surface area contributed by atoms with Crippen LogP contribution in [0.4, 0.5) is 10.5 Å². The largest absolute Gasteiger partial charge is 0.483 e. The van der Waals surface area contributed by atoms with E-state index in [-0.39, 0.29) is 12.5 Å². The number of hydrogen-bond acceptors (Lipinski definition) is 4. The lowest BCUT2D eigenvalue weighted by molar-refractivity contribution is -0.123. The molecule has 26 heavy (non-hydrogen) atoms. The summed E-state index contributed by atoms with van der Waals surface area (Å²) >= 11 is 0. The van der Waals surface area contributed by atoms with E-state index < -0.39 is 17.5 Å². The van der Waals surface area contributed by atoms with Crippen molar-refractivity contribution in [1.29, 1.82) is 0 Å². The van der Waals surface area contributed by atoms with E-state index in [2.05, 4.69) is 16.0 Å². The number of carbonyl (C=O) groups excluding carboxylic acids is 3. The maximum absolute atomic E-state index is 12.1. The molecule has 4 amide bonds. The maximum atomic E-state index is 12.1. The summed E-state index contributed by atoms with van der Waals surface area (Å²) in [5.41, 5.74) is 0.850. The molecule has 1 aliphatic heterocycles. The minimum Gasteiger partial charge on any atom is -0.483 e. The molecular formula is C19H19N3O4. The molecule has 3 rings (SSSR count). The zero-order valence-corrected chi connectivity index (χ0v) is 14.5. The fourth-order valence-electron chi connectivity index (χ4n) is 2.71. The summed E-state index contributed by atoms with van der Waals surface area (Å²) in [7, 11) is 0. The second-order valence-corrected chi connectivity index (χ2v) is 6.22. The van der Waals surface area contributed by atoms with Gasteiger partial charge in [0.1, 0.15) is 11.3 Å². The van der Waals surface area contributed by atoms with Gasteiger partial charge in [0.05, 0.1) is 0 Å². The van der Waals surface area contributed by atoms with Gasteiger partial charge in [-0.25, -0.2) is 4.79 Å². The lowest BCUT2D eigenvalue weighted by Crippen LogP contribution is -2.40. The van der Waals surface area contributed by atoms with Gasteiger partial charge in [0.25, 0.3) is 11.8 Å². The molecule has 1 atom stereocenters. The SMILES string of the molecule is Cc1ccccc1OCC(=O)Nc1cccc(C2(C)NC(=O)NC2=O)c1. The molecule has 2 aromatic rings. The molecule has 0 spiro atoms. The first-order valence-corrected chi connectivity index (χ1v) is 8.11. The van der Waals surface area contributed by atoms with Crippen molar-refractivity contribution in [2.24, 2.45) is 0 Å². The summed E-state index contributed by atoms with van der Waals surface area (Å²) in [5.74, 6) is -0.112. The first-order valence-electron chi connectivity index (χ1n) is 8.11. The van der Waals surface area contributed by atoms with Crippen molar-refractivity contribution in [3.05, 3.63) is 59.7 Å². The Bertz CT molecular complexity index is 881.